The molecule has 0 radical (unpaired) electrons. The van der Waals surface area contributed by atoms with Crippen LogP contribution < -0.4 is 10.1 Å². The quantitative estimate of drug-likeness (QED) is 0.527. The molecule has 1 aromatic heterocycles. The number of ether oxygens (including phenoxy) is 1. The average molecular weight is 370 g/mol. The first kappa shape index (κ1) is 17.5. The molecule has 3 aromatic rings. The lowest BCUT2D eigenvalue weighted by atomic mass is 10.1. The minimum Gasteiger partial charge on any atom is -0.497 e. The van der Waals surface area contributed by atoms with Crippen molar-refractivity contribution in [2.45, 2.75) is 6.42 Å². The summed E-state index contributed by atoms with van der Waals surface area (Å²) in [5.74, 6) is 0.341. The van der Waals surface area contributed by atoms with Crippen LogP contribution in [0.15, 0.2) is 48.5 Å². The lowest BCUT2D eigenvalue weighted by Crippen LogP contribution is -2.15. The van der Waals surface area contributed by atoms with Gasteiger partial charge in [0.15, 0.2) is 0 Å². The van der Waals surface area contributed by atoms with E-state index >= 15 is 0 Å². The third-order valence-corrected chi connectivity index (χ3v) is 4.44. The maximum absolute atomic E-state index is 12.2. The highest BCUT2D eigenvalue weighted by atomic mass is 32.1. The van der Waals surface area contributed by atoms with Gasteiger partial charge in [0.05, 0.1) is 18.5 Å². The minimum atomic E-state index is -0.505. The van der Waals surface area contributed by atoms with Crippen LogP contribution in [0.3, 0.4) is 0 Å². The number of nitrogens with one attached hydrogen (secondary N) is 1. The van der Waals surface area contributed by atoms with E-state index in [0.29, 0.717) is 15.7 Å². The van der Waals surface area contributed by atoms with E-state index in [-0.39, 0.29) is 12.1 Å². The van der Waals surface area contributed by atoms with Crippen LogP contribution in [0.1, 0.15) is 5.56 Å². The maximum Gasteiger partial charge on any atom is 0.273 e. The monoisotopic (exact) mass is 370 g/mol. The van der Waals surface area contributed by atoms with Gasteiger partial charge in [0.25, 0.3) is 5.69 Å². The molecule has 0 bridgehead atoms. The Morgan fingerprint density at radius 1 is 1.19 bits per heavy atom. The summed E-state index contributed by atoms with van der Waals surface area (Å²) in [4.78, 5) is 22.7. The Morgan fingerprint density at radius 3 is 2.62 bits per heavy atom. The fourth-order valence-corrected chi connectivity index (χ4v) is 3.06. The molecular formula is C17H14N4O4S. The van der Waals surface area contributed by atoms with Gasteiger partial charge in [0.1, 0.15) is 10.8 Å². The third-order valence-electron chi connectivity index (χ3n) is 3.55. The van der Waals surface area contributed by atoms with Crippen LogP contribution in [0.5, 0.6) is 5.75 Å². The zero-order valence-corrected chi connectivity index (χ0v) is 14.5. The van der Waals surface area contributed by atoms with Crippen LogP contribution >= 0.6 is 11.3 Å². The number of carbonyl (C=O) groups is 1. The highest BCUT2D eigenvalue weighted by Gasteiger charge is 2.17. The number of aromatic nitrogens is 2. The summed E-state index contributed by atoms with van der Waals surface area (Å²) in [6.07, 6.45) is -0.116. The number of nitro benzene ring substituents is 1. The fraction of sp³-hybridized carbons (Fsp3) is 0.118. The first-order chi connectivity index (χ1) is 12.6. The molecule has 0 fully saturated rings. The molecule has 0 aliphatic heterocycles. The number of methoxy groups -OCH3 is 1. The first-order valence-electron chi connectivity index (χ1n) is 7.57. The van der Waals surface area contributed by atoms with Crippen molar-refractivity contribution < 1.29 is 14.5 Å². The van der Waals surface area contributed by atoms with Crippen LogP contribution in [0.4, 0.5) is 10.8 Å². The molecule has 0 unspecified atom stereocenters. The van der Waals surface area contributed by atoms with Crippen molar-refractivity contribution in [1.29, 1.82) is 0 Å². The Kier molecular flexibility index (Phi) is 5.18. The van der Waals surface area contributed by atoms with Crippen molar-refractivity contribution in [2.75, 3.05) is 12.4 Å². The van der Waals surface area contributed by atoms with Crippen LogP contribution in [-0.2, 0) is 11.2 Å². The molecule has 9 heteroatoms. The van der Waals surface area contributed by atoms with Gasteiger partial charge in [0.2, 0.25) is 11.0 Å². The number of carbonyl (C=O) groups excluding carboxylic acids is 1. The summed E-state index contributed by atoms with van der Waals surface area (Å²) in [6, 6.07) is 13.5. The molecule has 0 spiro atoms. The summed E-state index contributed by atoms with van der Waals surface area (Å²) in [7, 11) is 1.59. The standard InChI is InChI=1S/C17H14N4O4S/c1-25-13-8-6-11(7-9-13)16-19-20-17(26-16)18-15(22)10-12-4-2-3-5-14(12)21(23)24/h2-9H,10H2,1H3,(H,18,20,22). The average Bonchev–Trinajstić information content (AvgIpc) is 3.10. The topological polar surface area (TPSA) is 107 Å². The Morgan fingerprint density at radius 2 is 1.92 bits per heavy atom. The van der Waals surface area contributed by atoms with Crippen molar-refractivity contribution in [3.05, 3.63) is 64.2 Å². The van der Waals surface area contributed by atoms with E-state index in [1.54, 1.807) is 25.3 Å². The van der Waals surface area contributed by atoms with Gasteiger partial charge in [0, 0.05) is 17.2 Å². The van der Waals surface area contributed by atoms with E-state index in [1.807, 2.05) is 24.3 Å². The van der Waals surface area contributed by atoms with Crippen molar-refractivity contribution in [3.63, 3.8) is 0 Å². The van der Waals surface area contributed by atoms with Crippen molar-refractivity contribution in [2.24, 2.45) is 0 Å². The van der Waals surface area contributed by atoms with E-state index in [0.717, 1.165) is 11.3 Å². The van der Waals surface area contributed by atoms with Gasteiger partial charge in [-0.25, -0.2) is 0 Å². The molecule has 0 saturated carbocycles. The number of anilines is 1. The second kappa shape index (κ2) is 7.70. The van der Waals surface area contributed by atoms with Gasteiger partial charge >= 0.3 is 0 Å². The Labute approximate surface area is 152 Å². The minimum absolute atomic E-state index is 0.0844. The molecule has 3 rings (SSSR count). The van der Waals surface area contributed by atoms with Gasteiger partial charge in [-0.05, 0) is 24.3 Å². The van der Waals surface area contributed by atoms with Gasteiger partial charge in [-0.15, -0.1) is 10.2 Å². The number of amides is 1. The Bertz CT molecular complexity index is 940. The maximum atomic E-state index is 12.2. The molecule has 1 amide bonds. The smallest absolute Gasteiger partial charge is 0.273 e. The first-order valence-corrected chi connectivity index (χ1v) is 8.38. The number of benzene rings is 2. The van der Waals surface area contributed by atoms with Crippen LogP contribution in [0.25, 0.3) is 10.6 Å². The number of hydrogen-bond donors (Lipinski definition) is 1. The van der Waals surface area contributed by atoms with Gasteiger partial charge in [-0.2, -0.15) is 0 Å². The number of nitro groups is 1. The zero-order valence-electron chi connectivity index (χ0n) is 13.7. The molecule has 8 nitrogen and oxygen atoms in total. The predicted octanol–water partition coefficient (Wildman–Crippen LogP) is 3.30. The molecule has 1 heterocycles. The Hall–Kier alpha value is -3.33. The molecule has 26 heavy (non-hydrogen) atoms. The second-order valence-corrected chi connectivity index (χ2v) is 6.23. The van der Waals surface area contributed by atoms with E-state index < -0.39 is 10.8 Å². The lowest BCUT2D eigenvalue weighted by Gasteiger charge is -2.02. The normalized spacial score (nSPS) is 10.3. The molecule has 2 aromatic carbocycles. The molecule has 1 N–H and O–H groups in total. The fourth-order valence-electron chi connectivity index (χ4n) is 2.30. The molecule has 0 aliphatic rings. The lowest BCUT2D eigenvalue weighted by molar-refractivity contribution is -0.385. The summed E-state index contributed by atoms with van der Waals surface area (Å²) >= 11 is 1.22. The van der Waals surface area contributed by atoms with Crippen LogP contribution in [0.2, 0.25) is 0 Å². The van der Waals surface area contributed by atoms with Crippen molar-refractivity contribution in [3.8, 4) is 16.3 Å². The summed E-state index contributed by atoms with van der Waals surface area (Å²) in [5, 5.41) is 22.6. The van der Waals surface area contributed by atoms with E-state index in [1.165, 1.54) is 17.4 Å². The molecular weight excluding hydrogens is 356 g/mol. The van der Waals surface area contributed by atoms with E-state index in [2.05, 4.69) is 15.5 Å². The van der Waals surface area contributed by atoms with Gasteiger partial charge in [-0.3, -0.25) is 14.9 Å². The molecule has 132 valence electrons. The highest BCUT2D eigenvalue weighted by Crippen LogP contribution is 2.28. The zero-order chi connectivity index (χ0) is 18.5. The van der Waals surface area contributed by atoms with E-state index in [4.69, 9.17) is 4.74 Å². The molecule has 0 aliphatic carbocycles. The largest absolute Gasteiger partial charge is 0.497 e. The van der Waals surface area contributed by atoms with E-state index in [9.17, 15) is 14.9 Å². The van der Waals surface area contributed by atoms with Crippen LogP contribution in [-0.4, -0.2) is 28.1 Å². The second-order valence-electron chi connectivity index (χ2n) is 5.25. The summed E-state index contributed by atoms with van der Waals surface area (Å²) in [6.45, 7) is 0. The number of rotatable bonds is 6. The highest BCUT2D eigenvalue weighted by molar-refractivity contribution is 7.18. The summed E-state index contributed by atoms with van der Waals surface area (Å²) < 4.78 is 5.11. The van der Waals surface area contributed by atoms with Crippen molar-refractivity contribution >= 4 is 28.1 Å². The Balaban J connectivity index is 1.69. The van der Waals surface area contributed by atoms with Crippen molar-refractivity contribution in [1.82, 2.24) is 10.2 Å². The summed E-state index contributed by atoms with van der Waals surface area (Å²) in [5.41, 5.74) is 1.11. The number of para-hydroxylation sites is 1. The van der Waals surface area contributed by atoms with Gasteiger partial charge < -0.3 is 10.1 Å². The third kappa shape index (κ3) is 4.01. The number of hydrogen-bond acceptors (Lipinski definition) is 7. The SMILES string of the molecule is COc1ccc(-c2nnc(NC(=O)Cc3ccccc3[N+](=O)[O-])s2)cc1. The van der Waals surface area contributed by atoms with Gasteiger partial charge in [-0.1, -0.05) is 29.5 Å². The number of nitrogens with zero attached hydrogens (tertiary/aromatic N) is 3. The molecule has 0 atom stereocenters. The van der Waals surface area contributed by atoms with Crippen LogP contribution in [0, 0.1) is 10.1 Å². The molecule has 0 saturated heterocycles. The predicted molar refractivity (Wildman–Crippen MR) is 97.3 cm³/mol.